The van der Waals surface area contributed by atoms with Gasteiger partial charge in [0.15, 0.2) is 0 Å². The van der Waals surface area contributed by atoms with E-state index in [0.717, 1.165) is 18.8 Å². The quantitative estimate of drug-likeness (QED) is 0.930. The second-order valence-electron chi connectivity index (χ2n) is 5.31. The summed E-state index contributed by atoms with van der Waals surface area (Å²) in [6.45, 7) is 5.76. The van der Waals surface area contributed by atoms with Crippen molar-refractivity contribution in [1.82, 2.24) is 15.1 Å². The summed E-state index contributed by atoms with van der Waals surface area (Å²) < 4.78 is 1.96. The van der Waals surface area contributed by atoms with Gasteiger partial charge in [-0.15, -0.1) is 0 Å². The van der Waals surface area contributed by atoms with E-state index in [2.05, 4.69) is 47.8 Å². The first-order valence-electron chi connectivity index (χ1n) is 7.08. The highest BCUT2D eigenvalue weighted by atomic mass is 16.1. The number of aryl methyl sites for hydroxylation is 2. The smallest absolute Gasteiger partial charge is 0.220 e. The monoisotopic (exact) mass is 269 g/mol. The fraction of sp³-hybridized carbons (Fsp3) is 0.375. The normalized spacial score (nSPS) is 18.3. The van der Waals surface area contributed by atoms with E-state index in [1.165, 1.54) is 16.7 Å². The lowest BCUT2D eigenvalue weighted by Gasteiger charge is -2.08. The fourth-order valence-electron chi connectivity index (χ4n) is 2.74. The summed E-state index contributed by atoms with van der Waals surface area (Å²) in [7, 11) is 0. The molecule has 1 aliphatic heterocycles. The molecule has 1 amide bonds. The molecule has 2 aromatic rings. The van der Waals surface area contributed by atoms with Gasteiger partial charge in [0.25, 0.3) is 0 Å². The molecule has 0 bridgehead atoms. The van der Waals surface area contributed by atoms with E-state index in [1.54, 1.807) is 0 Å². The van der Waals surface area contributed by atoms with Gasteiger partial charge in [0.2, 0.25) is 5.91 Å². The van der Waals surface area contributed by atoms with Gasteiger partial charge < -0.3 is 5.32 Å². The Labute approximate surface area is 118 Å². The second-order valence-corrected chi connectivity index (χ2v) is 5.31. The number of nitrogens with zero attached hydrogens (tertiary/aromatic N) is 2. The molecule has 20 heavy (non-hydrogen) atoms. The molecule has 0 saturated carbocycles. The Bertz CT molecular complexity index is 628. The van der Waals surface area contributed by atoms with Crippen molar-refractivity contribution in [3.8, 4) is 11.1 Å². The average Bonchev–Trinajstić information content (AvgIpc) is 3.05. The maximum absolute atomic E-state index is 11.3. The zero-order valence-corrected chi connectivity index (χ0v) is 11.9. The highest BCUT2D eigenvalue weighted by Gasteiger charge is 2.22. The number of rotatable bonds is 3. The molecule has 3 rings (SSSR count). The van der Waals surface area contributed by atoms with Gasteiger partial charge in [-0.25, -0.2) is 0 Å². The van der Waals surface area contributed by atoms with Crippen LogP contribution in [0.3, 0.4) is 0 Å². The fourth-order valence-corrected chi connectivity index (χ4v) is 2.74. The molecular weight excluding hydrogens is 250 g/mol. The number of nitrogens with one attached hydrogen (secondary N) is 1. The van der Waals surface area contributed by atoms with Crippen molar-refractivity contribution in [2.75, 3.05) is 6.54 Å². The van der Waals surface area contributed by atoms with Crippen molar-refractivity contribution >= 4 is 5.91 Å². The predicted octanol–water partition coefficient (Wildman–Crippen LogP) is 2.48. The standard InChI is InChI=1S/C16H19N3O/c1-3-19-10-15(11(2)18-19)13-6-4-12(5-7-13)14-8-16(20)17-9-14/h4-7,10,14H,3,8-9H2,1-2H3,(H,17,20). The number of hydrogen-bond donors (Lipinski definition) is 1. The molecule has 1 atom stereocenters. The Balaban J connectivity index is 1.85. The topological polar surface area (TPSA) is 46.9 Å². The third-order valence-electron chi connectivity index (χ3n) is 3.94. The minimum Gasteiger partial charge on any atom is -0.355 e. The van der Waals surface area contributed by atoms with Crippen molar-refractivity contribution in [2.24, 2.45) is 0 Å². The van der Waals surface area contributed by atoms with Crippen LogP contribution in [-0.2, 0) is 11.3 Å². The van der Waals surface area contributed by atoms with Gasteiger partial charge in [-0.1, -0.05) is 24.3 Å². The Morgan fingerprint density at radius 1 is 1.35 bits per heavy atom. The van der Waals surface area contributed by atoms with Crippen LogP contribution in [0, 0.1) is 6.92 Å². The summed E-state index contributed by atoms with van der Waals surface area (Å²) in [6, 6.07) is 8.51. The van der Waals surface area contributed by atoms with Crippen molar-refractivity contribution in [2.45, 2.75) is 32.7 Å². The molecule has 1 saturated heterocycles. The summed E-state index contributed by atoms with van der Waals surface area (Å²) in [4.78, 5) is 11.3. The Hall–Kier alpha value is -2.10. The molecule has 2 heterocycles. The summed E-state index contributed by atoms with van der Waals surface area (Å²) in [5.74, 6) is 0.468. The van der Waals surface area contributed by atoms with Crippen molar-refractivity contribution in [3.63, 3.8) is 0 Å². The number of benzene rings is 1. The van der Waals surface area contributed by atoms with Gasteiger partial charge in [0.1, 0.15) is 0 Å². The number of amides is 1. The van der Waals surface area contributed by atoms with Gasteiger partial charge in [-0.3, -0.25) is 9.48 Å². The minimum atomic E-state index is 0.152. The van der Waals surface area contributed by atoms with Gasteiger partial charge in [-0.2, -0.15) is 5.10 Å². The highest BCUT2D eigenvalue weighted by molar-refractivity contribution is 5.79. The summed E-state index contributed by atoms with van der Waals surface area (Å²) in [5.41, 5.74) is 4.65. The maximum Gasteiger partial charge on any atom is 0.220 e. The van der Waals surface area contributed by atoms with Gasteiger partial charge in [0.05, 0.1) is 5.69 Å². The van der Waals surface area contributed by atoms with Crippen LogP contribution in [0.15, 0.2) is 30.5 Å². The van der Waals surface area contributed by atoms with Crippen LogP contribution in [0.5, 0.6) is 0 Å². The van der Waals surface area contributed by atoms with Crippen LogP contribution in [0.4, 0.5) is 0 Å². The van der Waals surface area contributed by atoms with Crippen LogP contribution in [0.25, 0.3) is 11.1 Å². The number of carbonyl (C=O) groups excluding carboxylic acids is 1. The minimum absolute atomic E-state index is 0.152. The van der Waals surface area contributed by atoms with E-state index in [9.17, 15) is 4.79 Å². The zero-order valence-electron chi connectivity index (χ0n) is 11.9. The van der Waals surface area contributed by atoms with Crippen LogP contribution in [0.2, 0.25) is 0 Å². The first kappa shape index (κ1) is 12.9. The Kier molecular flexibility index (Phi) is 3.30. The van der Waals surface area contributed by atoms with Crippen LogP contribution in [-0.4, -0.2) is 22.2 Å². The van der Waals surface area contributed by atoms with E-state index >= 15 is 0 Å². The lowest BCUT2D eigenvalue weighted by atomic mass is 9.96. The largest absolute Gasteiger partial charge is 0.355 e. The van der Waals surface area contributed by atoms with Gasteiger partial charge in [-0.05, 0) is 25.0 Å². The molecule has 1 unspecified atom stereocenters. The first-order valence-corrected chi connectivity index (χ1v) is 7.08. The summed E-state index contributed by atoms with van der Waals surface area (Å²) in [6.07, 6.45) is 2.69. The van der Waals surface area contributed by atoms with E-state index < -0.39 is 0 Å². The van der Waals surface area contributed by atoms with E-state index in [0.29, 0.717) is 12.3 Å². The SMILES string of the molecule is CCn1cc(-c2ccc(C3CNC(=O)C3)cc2)c(C)n1. The van der Waals surface area contributed by atoms with Crippen LogP contribution >= 0.6 is 0 Å². The third-order valence-corrected chi connectivity index (χ3v) is 3.94. The van der Waals surface area contributed by atoms with Crippen molar-refractivity contribution in [1.29, 1.82) is 0 Å². The Morgan fingerprint density at radius 2 is 2.10 bits per heavy atom. The summed E-state index contributed by atoms with van der Waals surface area (Å²) >= 11 is 0. The molecular formula is C16H19N3O. The molecule has 1 N–H and O–H groups in total. The molecule has 4 heteroatoms. The highest BCUT2D eigenvalue weighted by Crippen LogP contribution is 2.27. The average molecular weight is 269 g/mol. The number of hydrogen-bond acceptors (Lipinski definition) is 2. The second kappa shape index (κ2) is 5.12. The van der Waals surface area contributed by atoms with E-state index in [1.807, 2.05) is 11.6 Å². The van der Waals surface area contributed by atoms with Crippen LogP contribution < -0.4 is 5.32 Å². The molecule has 1 aromatic carbocycles. The molecule has 104 valence electrons. The molecule has 1 fully saturated rings. The zero-order chi connectivity index (χ0) is 14.1. The van der Waals surface area contributed by atoms with E-state index in [4.69, 9.17) is 0 Å². The molecule has 0 spiro atoms. The molecule has 1 aromatic heterocycles. The maximum atomic E-state index is 11.3. The van der Waals surface area contributed by atoms with Crippen molar-refractivity contribution < 1.29 is 4.79 Å². The first-order chi connectivity index (χ1) is 9.67. The molecule has 0 radical (unpaired) electrons. The molecule has 1 aliphatic rings. The lowest BCUT2D eigenvalue weighted by molar-refractivity contribution is -0.119. The third kappa shape index (κ3) is 2.33. The summed E-state index contributed by atoms with van der Waals surface area (Å²) in [5, 5.41) is 7.36. The number of aromatic nitrogens is 2. The molecule has 4 nitrogen and oxygen atoms in total. The van der Waals surface area contributed by atoms with Gasteiger partial charge >= 0.3 is 0 Å². The van der Waals surface area contributed by atoms with E-state index in [-0.39, 0.29) is 5.91 Å². The predicted molar refractivity (Wildman–Crippen MR) is 78.4 cm³/mol. The van der Waals surface area contributed by atoms with Crippen LogP contribution in [0.1, 0.15) is 30.5 Å². The number of carbonyl (C=O) groups is 1. The molecule has 0 aliphatic carbocycles. The van der Waals surface area contributed by atoms with Gasteiger partial charge in [0, 0.05) is 37.2 Å². The van der Waals surface area contributed by atoms with Crippen molar-refractivity contribution in [3.05, 3.63) is 41.7 Å². The lowest BCUT2D eigenvalue weighted by Crippen LogP contribution is -2.13. The Morgan fingerprint density at radius 3 is 2.65 bits per heavy atom.